The van der Waals surface area contributed by atoms with E-state index < -0.39 is 6.04 Å². The van der Waals surface area contributed by atoms with E-state index in [4.69, 9.17) is 0 Å². The zero-order valence-corrected chi connectivity index (χ0v) is 25.5. The summed E-state index contributed by atoms with van der Waals surface area (Å²) in [5.74, 6) is 0.640. The molecular formula is C34H47N5O3. The van der Waals surface area contributed by atoms with Gasteiger partial charge in [-0.25, -0.2) is 9.59 Å². The molecule has 3 aliphatic rings. The smallest absolute Gasteiger partial charge is 0.322 e. The van der Waals surface area contributed by atoms with Crippen LogP contribution in [0.15, 0.2) is 42.5 Å². The van der Waals surface area contributed by atoms with E-state index in [0.717, 1.165) is 74.8 Å². The Morgan fingerprint density at radius 3 is 2.31 bits per heavy atom. The number of amides is 5. The molecule has 226 valence electrons. The Morgan fingerprint density at radius 2 is 1.60 bits per heavy atom. The molecular weight excluding hydrogens is 526 g/mol. The van der Waals surface area contributed by atoms with E-state index >= 15 is 0 Å². The summed E-state index contributed by atoms with van der Waals surface area (Å²) in [4.78, 5) is 46.0. The van der Waals surface area contributed by atoms with E-state index in [1.165, 1.54) is 11.1 Å². The third-order valence-corrected chi connectivity index (χ3v) is 9.50. The number of nitrogens with zero attached hydrogens (tertiary/aromatic N) is 3. The Bertz CT molecular complexity index is 1260. The van der Waals surface area contributed by atoms with E-state index in [1.807, 2.05) is 32.9 Å². The number of anilines is 1. The summed E-state index contributed by atoms with van der Waals surface area (Å²) in [6.07, 6.45) is 6.67. The first-order valence-corrected chi connectivity index (χ1v) is 16.0. The molecule has 3 heterocycles. The normalized spacial score (nSPS) is 19.1. The number of fused-ring (bicyclic) bond motifs is 1. The third kappa shape index (κ3) is 6.90. The van der Waals surface area contributed by atoms with Crippen molar-refractivity contribution >= 4 is 23.7 Å². The summed E-state index contributed by atoms with van der Waals surface area (Å²) in [5, 5.41) is 6.20. The fourth-order valence-electron chi connectivity index (χ4n) is 6.72. The van der Waals surface area contributed by atoms with Crippen LogP contribution < -0.4 is 10.6 Å². The lowest BCUT2D eigenvalue weighted by Crippen LogP contribution is -2.56. The van der Waals surface area contributed by atoms with Crippen LogP contribution in [-0.2, 0) is 30.5 Å². The maximum Gasteiger partial charge on any atom is 0.322 e. The number of rotatable bonds is 7. The van der Waals surface area contributed by atoms with Gasteiger partial charge >= 0.3 is 12.1 Å². The molecule has 8 nitrogen and oxygen atoms in total. The fraction of sp³-hybridized carbons (Fsp3) is 0.559. The molecule has 2 aromatic carbocycles. The van der Waals surface area contributed by atoms with Crippen LogP contribution in [0.5, 0.6) is 0 Å². The maximum atomic E-state index is 13.8. The van der Waals surface area contributed by atoms with Gasteiger partial charge in [0.15, 0.2) is 0 Å². The molecule has 0 radical (unpaired) electrons. The summed E-state index contributed by atoms with van der Waals surface area (Å²) < 4.78 is 0. The van der Waals surface area contributed by atoms with Gasteiger partial charge < -0.3 is 25.3 Å². The summed E-state index contributed by atoms with van der Waals surface area (Å²) in [6, 6.07) is 13.7. The van der Waals surface area contributed by atoms with Crippen molar-refractivity contribution in [1.82, 2.24) is 20.0 Å². The summed E-state index contributed by atoms with van der Waals surface area (Å²) >= 11 is 0. The molecule has 5 amide bonds. The van der Waals surface area contributed by atoms with Gasteiger partial charge in [0.2, 0.25) is 5.91 Å². The minimum Gasteiger partial charge on any atom is -0.341 e. The highest BCUT2D eigenvalue weighted by Gasteiger charge is 2.34. The van der Waals surface area contributed by atoms with Gasteiger partial charge in [0.25, 0.3) is 0 Å². The number of urea groups is 2. The molecule has 1 atom stereocenters. The van der Waals surface area contributed by atoms with Gasteiger partial charge in [-0.3, -0.25) is 4.79 Å². The molecule has 2 saturated heterocycles. The second-order valence-corrected chi connectivity index (χ2v) is 12.3. The van der Waals surface area contributed by atoms with E-state index in [0.29, 0.717) is 32.0 Å². The number of likely N-dealkylation sites (tertiary alicyclic amines) is 2. The Kier molecular flexibility index (Phi) is 9.70. The number of piperidine rings is 2. The molecule has 0 aliphatic carbocycles. The van der Waals surface area contributed by atoms with E-state index in [9.17, 15) is 14.4 Å². The number of benzene rings is 2. The summed E-state index contributed by atoms with van der Waals surface area (Å²) in [6.45, 7) is 9.83. The Labute approximate surface area is 250 Å². The second kappa shape index (κ2) is 13.6. The minimum absolute atomic E-state index is 0.0172. The lowest BCUT2D eigenvalue weighted by Gasteiger charge is -2.38. The van der Waals surface area contributed by atoms with Gasteiger partial charge in [-0.2, -0.15) is 0 Å². The summed E-state index contributed by atoms with van der Waals surface area (Å²) in [7, 11) is 0. The van der Waals surface area contributed by atoms with Gasteiger partial charge in [0.05, 0.1) is 0 Å². The molecule has 0 saturated carbocycles. The lowest BCUT2D eigenvalue weighted by atomic mass is 9.95. The van der Waals surface area contributed by atoms with Crippen LogP contribution in [-0.4, -0.2) is 77.5 Å². The predicted octanol–water partition coefficient (Wildman–Crippen LogP) is 5.25. The first kappa shape index (κ1) is 29.9. The zero-order chi connectivity index (χ0) is 29.6. The van der Waals surface area contributed by atoms with E-state index in [2.05, 4.69) is 55.7 Å². The first-order valence-electron chi connectivity index (χ1n) is 16.0. The van der Waals surface area contributed by atoms with Crippen molar-refractivity contribution in [2.45, 2.75) is 84.2 Å². The molecule has 3 aliphatic heterocycles. The number of hydrogen-bond donors (Lipinski definition) is 2. The van der Waals surface area contributed by atoms with Crippen molar-refractivity contribution in [3.63, 3.8) is 0 Å². The average Bonchev–Trinajstić information content (AvgIpc) is 3.18. The standard InChI is InChI=1S/C34H47N5O3/c1-4-26-11-10-25(22-27(26)5-2)23-31(32(40)37-17-12-24(3)13-18-37)36-33(41)38-19-15-29(16-20-38)39-21-14-28-8-6-7-9-30(28)35-34(39)42/h6-11,22,24,29,31H,4-5,12-21,23H2,1-3H3,(H,35,42)(H,36,41)/t31-/m1/s1. The van der Waals surface area contributed by atoms with Crippen LogP contribution in [0.25, 0.3) is 0 Å². The van der Waals surface area contributed by atoms with Gasteiger partial charge in [-0.15, -0.1) is 0 Å². The van der Waals surface area contributed by atoms with Crippen molar-refractivity contribution in [2.75, 3.05) is 38.0 Å². The monoisotopic (exact) mass is 573 g/mol. The zero-order valence-electron chi connectivity index (χ0n) is 25.5. The highest BCUT2D eigenvalue weighted by molar-refractivity contribution is 5.91. The number of para-hydroxylation sites is 1. The number of aryl methyl sites for hydroxylation is 2. The predicted molar refractivity (Wildman–Crippen MR) is 167 cm³/mol. The van der Waals surface area contributed by atoms with Crippen molar-refractivity contribution in [3.05, 3.63) is 64.7 Å². The van der Waals surface area contributed by atoms with Gasteiger partial charge in [0, 0.05) is 50.9 Å². The molecule has 0 spiro atoms. The van der Waals surface area contributed by atoms with Crippen molar-refractivity contribution in [3.8, 4) is 0 Å². The van der Waals surface area contributed by atoms with Crippen LogP contribution in [0.3, 0.4) is 0 Å². The Morgan fingerprint density at radius 1 is 0.905 bits per heavy atom. The molecule has 2 fully saturated rings. The lowest BCUT2D eigenvalue weighted by molar-refractivity contribution is -0.134. The summed E-state index contributed by atoms with van der Waals surface area (Å²) in [5.41, 5.74) is 5.76. The molecule has 2 N–H and O–H groups in total. The number of carbonyl (C=O) groups excluding carboxylic acids is 3. The largest absolute Gasteiger partial charge is 0.341 e. The topological polar surface area (TPSA) is 85.0 Å². The molecule has 42 heavy (non-hydrogen) atoms. The third-order valence-electron chi connectivity index (χ3n) is 9.50. The van der Waals surface area contributed by atoms with Crippen LogP contribution >= 0.6 is 0 Å². The Hall–Kier alpha value is -3.55. The molecule has 0 bridgehead atoms. The van der Waals surface area contributed by atoms with Crippen LogP contribution in [0.4, 0.5) is 15.3 Å². The minimum atomic E-state index is -0.601. The van der Waals surface area contributed by atoms with Crippen LogP contribution in [0.2, 0.25) is 0 Å². The van der Waals surface area contributed by atoms with Crippen LogP contribution in [0, 0.1) is 5.92 Å². The fourth-order valence-corrected chi connectivity index (χ4v) is 6.72. The molecule has 8 heteroatoms. The van der Waals surface area contributed by atoms with Crippen molar-refractivity contribution < 1.29 is 14.4 Å². The highest BCUT2D eigenvalue weighted by atomic mass is 16.2. The molecule has 5 rings (SSSR count). The molecule has 0 unspecified atom stereocenters. The van der Waals surface area contributed by atoms with Gasteiger partial charge in [0.1, 0.15) is 6.04 Å². The number of carbonyl (C=O) groups is 3. The maximum absolute atomic E-state index is 13.8. The van der Waals surface area contributed by atoms with Crippen LogP contribution in [0.1, 0.15) is 68.7 Å². The van der Waals surface area contributed by atoms with E-state index in [-0.39, 0.29) is 24.0 Å². The molecule has 0 aromatic heterocycles. The number of hydrogen-bond acceptors (Lipinski definition) is 3. The Balaban J connectivity index is 1.23. The van der Waals surface area contributed by atoms with Crippen molar-refractivity contribution in [2.24, 2.45) is 5.92 Å². The first-order chi connectivity index (χ1) is 20.4. The second-order valence-electron chi connectivity index (χ2n) is 12.3. The number of nitrogens with one attached hydrogen (secondary N) is 2. The van der Waals surface area contributed by atoms with Gasteiger partial charge in [-0.05, 0) is 79.2 Å². The average molecular weight is 574 g/mol. The quantitative estimate of drug-likeness (QED) is 0.475. The highest BCUT2D eigenvalue weighted by Crippen LogP contribution is 2.25. The van der Waals surface area contributed by atoms with Crippen molar-refractivity contribution in [1.29, 1.82) is 0 Å². The van der Waals surface area contributed by atoms with Gasteiger partial charge in [-0.1, -0.05) is 57.2 Å². The molecule has 2 aromatic rings. The SMILES string of the molecule is CCc1ccc(C[C@@H](NC(=O)N2CCC(N3CCc4ccccc4NC3=O)CC2)C(=O)N2CCC(C)CC2)cc1CC. The van der Waals surface area contributed by atoms with E-state index in [1.54, 1.807) is 0 Å².